The summed E-state index contributed by atoms with van der Waals surface area (Å²) in [5, 5.41) is 4.61. The number of para-hydroxylation sites is 1. The molecule has 7 nitrogen and oxygen atoms in total. The SMILES string of the molecule is CC(C)[S@@+]([O-])N1CCN(c2cnn(-c3ccccc3)c(=O)c2OC2CCC(c3ccccc3)CC2)CC1. The van der Waals surface area contributed by atoms with Crippen molar-refractivity contribution in [3.05, 3.63) is 82.8 Å². The van der Waals surface area contributed by atoms with Crippen LogP contribution in [-0.2, 0) is 11.4 Å². The van der Waals surface area contributed by atoms with Gasteiger partial charge in [0.25, 0.3) is 0 Å². The summed E-state index contributed by atoms with van der Waals surface area (Å²) in [6.45, 7) is 6.66. The zero-order valence-electron chi connectivity index (χ0n) is 21.7. The van der Waals surface area contributed by atoms with Crippen molar-refractivity contribution >= 4 is 17.0 Å². The number of piperazine rings is 1. The van der Waals surface area contributed by atoms with Crippen LogP contribution in [0.15, 0.2) is 71.7 Å². The van der Waals surface area contributed by atoms with E-state index in [0.29, 0.717) is 43.5 Å². The topological polar surface area (TPSA) is 73.7 Å². The molecule has 1 aliphatic heterocycles. The minimum atomic E-state index is -0.999. The van der Waals surface area contributed by atoms with Crippen molar-refractivity contribution in [3.8, 4) is 11.4 Å². The average molecular weight is 521 g/mol. The maximum absolute atomic E-state index is 13.7. The lowest BCUT2D eigenvalue weighted by molar-refractivity contribution is 0.144. The van der Waals surface area contributed by atoms with Crippen molar-refractivity contribution in [1.82, 2.24) is 14.1 Å². The predicted molar refractivity (Wildman–Crippen MR) is 149 cm³/mol. The second-order valence-corrected chi connectivity index (χ2v) is 12.2. The lowest BCUT2D eigenvalue weighted by Crippen LogP contribution is -2.50. The third-order valence-corrected chi connectivity index (χ3v) is 9.06. The molecule has 2 aliphatic rings. The van der Waals surface area contributed by atoms with E-state index < -0.39 is 11.4 Å². The van der Waals surface area contributed by atoms with E-state index in [1.165, 1.54) is 10.2 Å². The molecule has 1 saturated heterocycles. The van der Waals surface area contributed by atoms with Crippen molar-refractivity contribution in [2.24, 2.45) is 0 Å². The minimum Gasteiger partial charge on any atom is -0.598 e. The molecular formula is C29H36N4O3S. The number of aromatic nitrogens is 2. The third-order valence-electron chi connectivity index (χ3n) is 7.38. The zero-order chi connectivity index (χ0) is 25.8. The Labute approximate surface area is 222 Å². The van der Waals surface area contributed by atoms with Crippen molar-refractivity contribution < 1.29 is 9.29 Å². The fraction of sp³-hybridized carbons (Fsp3) is 0.448. The van der Waals surface area contributed by atoms with Gasteiger partial charge in [-0.05, 0) is 63.1 Å². The van der Waals surface area contributed by atoms with Crippen LogP contribution in [0.2, 0.25) is 0 Å². The molecule has 2 fully saturated rings. The number of hydrogen-bond acceptors (Lipinski definition) is 6. The molecule has 0 spiro atoms. The van der Waals surface area contributed by atoms with Gasteiger partial charge in [-0.25, -0.2) is 0 Å². The second-order valence-electron chi connectivity index (χ2n) is 10.2. The number of nitrogens with zero attached hydrogens (tertiary/aromatic N) is 4. The van der Waals surface area contributed by atoms with Gasteiger partial charge in [0, 0.05) is 24.5 Å². The van der Waals surface area contributed by atoms with Crippen LogP contribution in [-0.4, -0.2) is 56.2 Å². The number of ether oxygens (including phenoxy) is 1. The highest BCUT2D eigenvalue weighted by atomic mass is 32.2. The van der Waals surface area contributed by atoms with Gasteiger partial charge in [-0.2, -0.15) is 9.78 Å². The molecular weight excluding hydrogens is 484 g/mol. The van der Waals surface area contributed by atoms with Crippen LogP contribution < -0.4 is 15.2 Å². The Balaban J connectivity index is 1.37. The molecule has 2 heterocycles. The summed E-state index contributed by atoms with van der Waals surface area (Å²) in [5.74, 6) is 0.911. The number of benzene rings is 2. The lowest BCUT2D eigenvalue weighted by atomic mass is 9.83. The van der Waals surface area contributed by atoms with Crippen LogP contribution in [0.4, 0.5) is 5.69 Å². The molecule has 0 radical (unpaired) electrons. The molecule has 196 valence electrons. The Morgan fingerprint density at radius 1 is 0.919 bits per heavy atom. The van der Waals surface area contributed by atoms with E-state index in [2.05, 4.69) is 40.3 Å². The fourth-order valence-electron chi connectivity index (χ4n) is 5.33. The van der Waals surface area contributed by atoms with Gasteiger partial charge in [-0.3, -0.25) is 4.79 Å². The third kappa shape index (κ3) is 5.87. The summed E-state index contributed by atoms with van der Waals surface area (Å²) in [6, 6.07) is 20.1. The Morgan fingerprint density at radius 3 is 2.16 bits per heavy atom. The van der Waals surface area contributed by atoms with E-state index in [4.69, 9.17) is 4.74 Å². The summed E-state index contributed by atoms with van der Waals surface area (Å²) < 4.78 is 22.6. The van der Waals surface area contributed by atoms with E-state index in [1.54, 1.807) is 6.20 Å². The van der Waals surface area contributed by atoms with E-state index in [9.17, 15) is 9.35 Å². The molecule has 1 aromatic heterocycles. The molecule has 5 rings (SSSR count). The molecule has 0 unspecified atom stereocenters. The lowest BCUT2D eigenvalue weighted by Gasteiger charge is -2.37. The van der Waals surface area contributed by atoms with Gasteiger partial charge in [0.2, 0.25) is 5.75 Å². The summed E-state index contributed by atoms with van der Waals surface area (Å²) in [6.07, 6.45) is 5.66. The largest absolute Gasteiger partial charge is 0.598 e. The van der Waals surface area contributed by atoms with Crippen molar-refractivity contribution in [2.45, 2.75) is 56.8 Å². The maximum atomic E-state index is 13.7. The summed E-state index contributed by atoms with van der Waals surface area (Å²) in [4.78, 5) is 15.9. The highest BCUT2D eigenvalue weighted by Gasteiger charge is 2.31. The number of rotatable bonds is 7. The second kappa shape index (κ2) is 11.7. The minimum absolute atomic E-state index is 0.00670. The number of anilines is 1. The fourth-order valence-corrected chi connectivity index (χ4v) is 6.45. The average Bonchev–Trinajstić information content (AvgIpc) is 2.95. The summed E-state index contributed by atoms with van der Waals surface area (Å²) >= 11 is -0.999. The smallest absolute Gasteiger partial charge is 0.316 e. The number of hydrogen-bond donors (Lipinski definition) is 0. The highest BCUT2D eigenvalue weighted by Crippen LogP contribution is 2.36. The molecule has 1 atom stereocenters. The Kier molecular flexibility index (Phi) is 8.17. The van der Waals surface area contributed by atoms with Crippen molar-refractivity contribution in [2.75, 3.05) is 31.1 Å². The molecule has 37 heavy (non-hydrogen) atoms. The first kappa shape index (κ1) is 25.8. The van der Waals surface area contributed by atoms with Gasteiger partial charge in [0.15, 0.2) is 0 Å². The molecule has 1 saturated carbocycles. The van der Waals surface area contributed by atoms with Crippen molar-refractivity contribution in [3.63, 3.8) is 0 Å². The molecule has 3 aromatic rings. The van der Waals surface area contributed by atoms with Crippen molar-refractivity contribution in [1.29, 1.82) is 0 Å². The predicted octanol–water partition coefficient (Wildman–Crippen LogP) is 4.53. The first-order valence-corrected chi connectivity index (χ1v) is 14.5. The van der Waals surface area contributed by atoms with Crippen LogP contribution in [0, 0.1) is 0 Å². The Hall–Kier alpha value is -2.81. The van der Waals surface area contributed by atoms with Gasteiger partial charge >= 0.3 is 5.56 Å². The van der Waals surface area contributed by atoms with Gasteiger partial charge in [0.05, 0.1) is 31.1 Å². The summed E-state index contributed by atoms with van der Waals surface area (Å²) in [7, 11) is 0. The highest BCUT2D eigenvalue weighted by molar-refractivity contribution is 7.89. The quantitative estimate of drug-likeness (QED) is 0.426. The molecule has 8 heteroatoms. The van der Waals surface area contributed by atoms with Crippen LogP contribution in [0.5, 0.6) is 5.75 Å². The molecule has 0 N–H and O–H groups in total. The van der Waals surface area contributed by atoms with Gasteiger partial charge in [0.1, 0.15) is 10.9 Å². The van der Waals surface area contributed by atoms with Gasteiger partial charge in [-0.15, -0.1) is 4.31 Å². The molecule has 0 bridgehead atoms. The van der Waals surface area contributed by atoms with Crippen LogP contribution in [0.1, 0.15) is 51.0 Å². The van der Waals surface area contributed by atoms with Crippen LogP contribution in [0.3, 0.4) is 0 Å². The van der Waals surface area contributed by atoms with E-state index in [0.717, 1.165) is 31.4 Å². The van der Waals surface area contributed by atoms with Crippen LogP contribution in [0.25, 0.3) is 5.69 Å². The van der Waals surface area contributed by atoms with E-state index in [1.807, 2.05) is 48.5 Å². The van der Waals surface area contributed by atoms with E-state index >= 15 is 0 Å². The first-order valence-electron chi connectivity index (χ1n) is 13.3. The molecule has 0 amide bonds. The Morgan fingerprint density at radius 2 is 1.54 bits per heavy atom. The molecule has 2 aromatic carbocycles. The normalized spacial score (nSPS) is 21.7. The molecule has 1 aliphatic carbocycles. The zero-order valence-corrected chi connectivity index (χ0v) is 22.5. The first-order chi connectivity index (χ1) is 18.0. The standard InChI is InChI=1S/C29H36N4O3S/c1-22(2)37(35)32-19-17-31(18-20-32)27-21-30-33(25-11-7-4-8-12-25)29(34)28(27)36-26-15-13-24(14-16-26)23-9-5-3-6-10-23/h3-12,21-22,24,26H,13-20H2,1-2H3/t24?,26?,37-/m1/s1. The summed E-state index contributed by atoms with van der Waals surface area (Å²) in [5.41, 5.74) is 2.60. The van der Waals surface area contributed by atoms with Crippen LogP contribution >= 0.6 is 0 Å². The van der Waals surface area contributed by atoms with Gasteiger partial charge < -0.3 is 14.2 Å². The van der Waals surface area contributed by atoms with Gasteiger partial charge in [-0.1, -0.05) is 48.5 Å². The Bertz CT molecular complexity index is 1200. The maximum Gasteiger partial charge on any atom is 0.316 e. The van der Waals surface area contributed by atoms with E-state index in [-0.39, 0.29) is 16.9 Å². The monoisotopic (exact) mass is 520 g/mol.